The van der Waals surface area contributed by atoms with E-state index in [2.05, 4.69) is 9.69 Å². The molecule has 0 unspecified atom stereocenters. The molecule has 0 bridgehead atoms. The van der Waals surface area contributed by atoms with Crippen molar-refractivity contribution in [3.63, 3.8) is 0 Å². The second-order valence-corrected chi connectivity index (χ2v) is 8.95. The fraction of sp³-hybridized carbons (Fsp3) is 0.455. The molecule has 0 spiro atoms. The van der Waals surface area contributed by atoms with Crippen LogP contribution in [0.15, 0.2) is 18.2 Å². The summed E-state index contributed by atoms with van der Waals surface area (Å²) in [5.74, 6) is -0.298. The second-order valence-electron chi connectivity index (χ2n) is 8.17. The zero-order chi connectivity index (χ0) is 23.5. The van der Waals surface area contributed by atoms with Gasteiger partial charge in [-0.15, -0.1) is 0 Å². The third kappa shape index (κ3) is 4.72. The summed E-state index contributed by atoms with van der Waals surface area (Å²) in [7, 11) is 0. The fourth-order valence-corrected chi connectivity index (χ4v) is 5.00. The smallest absolute Gasteiger partial charge is 0.270 e. The number of hydrogen-bond donors (Lipinski definition) is 3. The van der Waals surface area contributed by atoms with Crippen LogP contribution < -0.4 is 26.3 Å². The Morgan fingerprint density at radius 1 is 1.24 bits per heavy atom. The minimum Gasteiger partial charge on any atom is -0.454 e. The number of amides is 3. The summed E-state index contributed by atoms with van der Waals surface area (Å²) >= 11 is 0.801. The monoisotopic (exact) mass is 473 g/mol. The molecule has 1 aliphatic heterocycles. The lowest BCUT2D eigenvalue weighted by Crippen LogP contribution is -2.50. The lowest BCUT2D eigenvalue weighted by molar-refractivity contribution is -0.126. The highest BCUT2D eigenvalue weighted by Gasteiger charge is 2.34. The summed E-state index contributed by atoms with van der Waals surface area (Å²) in [6.07, 6.45) is 4.42. The number of anilines is 1. The van der Waals surface area contributed by atoms with Crippen LogP contribution in [0.5, 0.6) is 11.5 Å². The van der Waals surface area contributed by atoms with Crippen LogP contribution in [0.3, 0.4) is 0 Å². The van der Waals surface area contributed by atoms with Crippen LogP contribution in [0.1, 0.15) is 64.8 Å². The zero-order valence-corrected chi connectivity index (χ0v) is 19.2. The van der Waals surface area contributed by atoms with Crippen LogP contribution in [-0.4, -0.2) is 45.9 Å². The van der Waals surface area contributed by atoms with Crippen LogP contribution in [0, 0.1) is 0 Å². The van der Waals surface area contributed by atoms with Crippen molar-refractivity contribution >= 4 is 34.9 Å². The molecule has 176 valence electrons. The summed E-state index contributed by atoms with van der Waals surface area (Å²) in [6.45, 7) is 2.12. The number of fused-ring (bicyclic) bond motifs is 1. The Bertz CT molecular complexity index is 1070. The van der Waals surface area contributed by atoms with E-state index in [9.17, 15) is 14.4 Å². The van der Waals surface area contributed by atoms with Crippen molar-refractivity contribution in [3.05, 3.63) is 34.3 Å². The van der Waals surface area contributed by atoms with Gasteiger partial charge in [0, 0.05) is 12.6 Å². The number of primary amides is 1. The summed E-state index contributed by atoms with van der Waals surface area (Å²) in [5, 5.41) is 3.09. The van der Waals surface area contributed by atoms with Crippen LogP contribution >= 0.6 is 11.5 Å². The van der Waals surface area contributed by atoms with E-state index in [1.54, 1.807) is 12.1 Å². The van der Waals surface area contributed by atoms with Crippen LogP contribution in [0.25, 0.3) is 0 Å². The molecular weight excluding hydrogens is 446 g/mol. The Morgan fingerprint density at radius 3 is 2.64 bits per heavy atom. The minimum absolute atomic E-state index is 0.0701. The predicted octanol–water partition coefficient (Wildman–Crippen LogP) is 2.03. The number of benzene rings is 1. The van der Waals surface area contributed by atoms with Crippen molar-refractivity contribution in [1.82, 2.24) is 14.6 Å². The molecule has 1 aromatic carbocycles. The average molecular weight is 474 g/mol. The Kier molecular flexibility index (Phi) is 6.68. The first-order valence-electron chi connectivity index (χ1n) is 10.9. The summed E-state index contributed by atoms with van der Waals surface area (Å²) in [4.78, 5) is 40.0. The number of rotatable bonds is 8. The maximum absolute atomic E-state index is 13.6. The molecule has 33 heavy (non-hydrogen) atoms. The maximum Gasteiger partial charge on any atom is 0.270 e. The number of hydrogen-bond acceptors (Lipinski definition) is 8. The molecule has 1 aromatic heterocycles. The van der Waals surface area contributed by atoms with E-state index < -0.39 is 17.9 Å². The molecule has 0 radical (unpaired) electrons. The highest BCUT2D eigenvalue weighted by atomic mass is 32.1. The summed E-state index contributed by atoms with van der Waals surface area (Å²) in [6, 6.07) is 4.76. The lowest BCUT2D eigenvalue weighted by Gasteiger charge is -2.31. The van der Waals surface area contributed by atoms with Gasteiger partial charge in [-0.3, -0.25) is 14.4 Å². The first-order chi connectivity index (χ1) is 15.9. The highest BCUT2D eigenvalue weighted by molar-refractivity contribution is 7.09. The second kappa shape index (κ2) is 9.65. The van der Waals surface area contributed by atoms with Gasteiger partial charge in [0.15, 0.2) is 17.2 Å². The molecule has 0 saturated heterocycles. The number of carbonyl (C=O) groups excluding carboxylic acids is 3. The number of nitrogens with one attached hydrogen (secondary N) is 1. The van der Waals surface area contributed by atoms with Crippen LogP contribution in [-0.2, 0) is 11.3 Å². The van der Waals surface area contributed by atoms with Crippen molar-refractivity contribution < 1.29 is 23.9 Å². The van der Waals surface area contributed by atoms with Gasteiger partial charge in [-0.25, -0.2) is 0 Å². The van der Waals surface area contributed by atoms with Gasteiger partial charge < -0.3 is 31.2 Å². The number of ether oxygens (including phenoxy) is 2. The molecule has 3 amide bonds. The third-order valence-corrected chi connectivity index (χ3v) is 6.82. The Balaban J connectivity index is 1.65. The van der Waals surface area contributed by atoms with Crippen molar-refractivity contribution in [2.75, 3.05) is 12.5 Å². The molecular formula is C22H27N5O5S. The first-order valence-corrected chi connectivity index (χ1v) is 11.7. The van der Waals surface area contributed by atoms with E-state index in [1.807, 2.05) is 13.0 Å². The van der Waals surface area contributed by atoms with Gasteiger partial charge in [-0.05, 0) is 48.5 Å². The largest absolute Gasteiger partial charge is 0.454 e. The molecule has 1 aliphatic carbocycles. The Morgan fingerprint density at radius 2 is 1.97 bits per heavy atom. The average Bonchev–Trinajstić information content (AvgIpc) is 3.53. The number of carbonyl (C=O) groups is 3. The molecule has 2 heterocycles. The molecule has 1 atom stereocenters. The van der Waals surface area contributed by atoms with E-state index >= 15 is 0 Å². The molecule has 2 aromatic rings. The standard InChI is InChI=1S/C22H27N5O5S/c1-2-14(21(29)25-13-5-3-4-6-13)27(10-12-7-8-15-16(9-12)32-11-31-15)22(30)19-17(23)18(20(24)28)26-33-19/h7-9,13-14H,2-6,10-11,23H2,1H3,(H2,24,28)(H,25,29)/t14-/m0/s1. The van der Waals surface area contributed by atoms with Gasteiger partial charge in [0.1, 0.15) is 10.9 Å². The molecule has 11 heteroatoms. The number of aromatic nitrogens is 1. The zero-order valence-electron chi connectivity index (χ0n) is 18.3. The highest BCUT2D eigenvalue weighted by Crippen LogP contribution is 2.34. The van der Waals surface area contributed by atoms with Crippen molar-refractivity contribution in [2.24, 2.45) is 5.73 Å². The molecule has 1 saturated carbocycles. The van der Waals surface area contributed by atoms with E-state index in [-0.39, 0.29) is 41.5 Å². The molecule has 2 aliphatic rings. The number of nitrogens with zero attached hydrogens (tertiary/aromatic N) is 2. The number of nitrogen functional groups attached to an aromatic ring is 1. The Labute approximate surface area is 195 Å². The molecule has 1 fully saturated rings. The van der Waals surface area contributed by atoms with Gasteiger partial charge in [-0.1, -0.05) is 25.8 Å². The lowest BCUT2D eigenvalue weighted by atomic mass is 10.1. The summed E-state index contributed by atoms with van der Waals surface area (Å²) in [5.41, 5.74) is 11.9. The third-order valence-electron chi connectivity index (χ3n) is 5.97. The number of nitrogens with two attached hydrogens (primary N) is 2. The van der Waals surface area contributed by atoms with Gasteiger partial charge in [0.05, 0.1) is 5.69 Å². The SMILES string of the molecule is CC[C@@H](C(=O)NC1CCCC1)N(Cc1ccc2c(c1)OCO2)C(=O)c1snc(C(N)=O)c1N. The van der Waals surface area contributed by atoms with Gasteiger partial charge in [-0.2, -0.15) is 4.37 Å². The molecule has 5 N–H and O–H groups in total. The van der Waals surface area contributed by atoms with E-state index in [1.165, 1.54) is 4.90 Å². The Hall–Kier alpha value is -3.34. The van der Waals surface area contributed by atoms with Crippen LogP contribution in [0.4, 0.5) is 5.69 Å². The molecule has 10 nitrogen and oxygen atoms in total. The van der Waals surface area contributed by atoms with Crippen molar-refractivity contribution in [1.29, 1.82) is 0 Å². The van der Waals surface area contributed by atoms with E-state index in [0.717, 1.165) is 42.8 Å². The van der Waals surface area contributed by atoms with Gasteiger partial charge >= 0.3 is 0 Å². The quantitative estimate of drug-likeness (QED) is 0.531. The topological polar surface area (TPSA) is 150 Å². The van der Waals surface area contributed by atoms with E-state index in [4.69, 9.17) is 20.9 Å². The van der Waals surface area contributed by atoms with Gasteiger partial charge in [0.2, 0.25) is 12.7 Å². The minimum atomic E-state index is -0.809. The maximum atomic E-state index is 13.6. The fourth-order valence-electron chi connectivity index (χ4n) is 4.23. The van der Waals surface area contributed by atoms with E-state index in [0.29, 0.717) is 17.9 Å². The summed E-state index contributed by atoms with van der Waals surface area (Å²) < 4.78 is 14.8. The predicted molar refractivity (Wildman–Crippen MR) is 122 cm³/mol. The normalized spacial score (nSPS) is 15.9. The van der Waals surface area contributed by atoms with Crippen LogP contribution in [0.2, 0.25) is 0 Å². The van der Waals surface area contributed by atoms with Gasteiger partial charge in [0.25, 0.3) is 11.8 Å². The molecule has 4 rings (SSSR count). The van der Waals surface area contributed by atoms with Crippen molar-refractivity contribution in [3.8, 4) is 11.5 Å². The first kappa shape index (κ1) is 22.8. The van der Waals surface area contributed by atoms with Crippen molar-refractivity contribution in [2.45, 2.75) is 57.7 Å².